The predicted octanol–water partition coefficient (Wildman–Crippen LogP) is 12.1. The van der Waals surface area contributed by atoms with Crippen molar-refractivity contribution in [2.24, 2.45) is 0 Å². The Morgan fingerprint density at radius 3 is 1.93 bits per heavy atom. The molecule has 6 nitrogen and oxygen atoms in total. The molecule has 0 spiro atoms. The van der Waals surface area contributed by atoms with Gasteiger partial charge < -0.3 is 0 Å². The van der Waals surface area contributed by atoms with Crippen LogP contribution in [0.25, 0.3) is 100 Å². The maximum atomic E-state index is 5.05. The van der Waals surface area contributed by atoms with E-state index in [2.05, 4.69) is 150 Å². The average molecular weight is 717 g/mol. The number of imidazole rings is 1. The van der Waals surface area contributed by atoms with E-state index in [4.69, 9.17) is 20.1 Å². The van der Waals surface area contributed by atoms with Crippen molar-refractivity contribution in [1.82, 2.24) is 29.1 Å². The summed E-state index contributed by atoms with van der Waals surface area (Å²) in [6.45, 7) is 0. The molecule has 0 saturated heterocycles. The van der Waals surface area contributed by atoms with Crippen molar-refractivity contribution in [2.45, 2.75) is 0 Å². The molecule has 56 heavy (non-hydrogen) atoms. The number of hydrogen-bond acceptors (Lipinski definition) is 4. The lowest BCUT2D eigenvalue weighted by atomic mass is 9.90. The smallest absolute Gasteiger partial charge is 0.182 e. The third-order valence-electron chi connectivity index (χ3n) is 10.6. The Balaban J connectivity index is 1.08. The van der Waals surface area contributed by atoms with Gasteiger partial charge in [-0.1, -0.05) is 121 Å². The number of hydrogen-bond donors (Lipinski definition) is 0. The fourth-order valence-electron chi connectivity index (χ4n) is 7.92. The molecule has 262 valence electrons. The van der Waals surface area contributed by atoms with Crippen LogP contribution in [0.4, 0.5) is 0 Å². The van der Waals surface area contributed by atoms with Crippen molar-refractivity contribution in [1.29, 1.82) is 0 Å². The summed E-state index contributed by atoms with van der Waals surface area (Å²) in [5.41, 5.74) is 12.1. The molecule has 0 fully saturated rings. The second-order valence-electron chi connectivity index (χ2n) is 14.0. The largest absolute Gasteiger partial charge is 0.277 e. The molecule has 11 rings (SSSR count). The summed E-state index contributed by atoms with van der Waals surface area (Å²) >= 11 is 0. The van der Waals surface area contributed by atoms with Gasteiger partial charge in [0.15, 0.2) is 17.1 Å². The molecule has 0 radical (unpaired) electrons. The first-order chi connectivity index (χ1) is 27.7. The SMILES string of the molecule is c1ccc(-c2ccc3nc(-c4cc(-c5ccc(-c6nc7cccnc7n6-c6ccccc6)cc5)cc(-c5cc6ccccc6c6ccccc56)c4)nn3c2)cc1. The Bertz CT molecular complexity index is 3240. The summed E-state index contributed by atoms with van der Waals surface area (Å²) in [6.07, 6.45) is 3.87. The molecule has 4 heterocycles. The minimum absolute atomic E-state index is 0.670. The van der Waals surface area contributed by atoms with Gasteiger partial charge in [0.1, 0.15) is 11.3 Å². The van der Waals surface area contributed by atoms with E-state index in [1.165, 1.54) is 27.1 Å². The molecule has 0 bridgehead atoms. The molecule has 7 aromatic carbocycles. The molecule has 0 aliphatic heterocycles. The molecular weight excluding hydrogens is 685 g/mol. The average Bonchev–Trinajstić information content (AvgIpc) is 3.89. The molecular formula is C50H32N6. The van der Waals surface area contributed by atoms with Gasteiger partial charge in [0.25, 0.3) is 0 Å². The number of nitrogens with zero attached hydrogens (tertiary/aromatic N) is 6. The second-order valence-corrected chi connectivity index (χ2v) is 14.0. The predicted molar refractivity (Wildman–Crippen MR) is 228 cm³/mol. The van der Waals surface area contributed by atoms with Crippen LogP contribution in [0.5, 0.6) is 0 Å². The van der Waals surface area contributed by atoms with Crippen molar-refractivity contribution in [2.75, 3.05) is 0 Å². The van der Waals surface area contributed by atoms with Crippen LogP contribution >= 0.6 is 0 Å². The van der Waals surface area contributed by atoms with E-state index in [1.807, 2.05) is 53.2 Å². The maximum Gasteiger partial charge on any atom is 0.182 e. The van der Waals surface area contributed by atoms with Crippen LogP contribution in [0.15, 0.2) is 194 Å². The normalized spacial score (nSPS) is 11.6. The zero-order valence-electron chi connectivity index (χ0n) is 30.2. The number of aromatic nitrogens is 6. The zero-order valence-corrected chi connectivity index (χ0v) is 30.2. The molecule has 0 saturated carbocycles. The van der Waals surface area contributed by atoms with E-state index in [9.17, 15) is 0 Å². The Kier molecular flexibility index (Phi) is 7.38. The number of pyridine rings is 2. The van der Waals surface area contributed by atoms with Crippen molar-refractivity contribution < 1.29 is 0 Å². The summed E-state index contributed by atoms with van der Waals surface area (Å²) in [7, 11) is 0. The van der Waals surface area contributed by atoms with Crippen molar-refractivity contribution >= 4 is 38.4 Å². The third-order valence-corrected chi connectivity index (χ3v) is 10.6. The van der Waals surface area contributed by atoms with Crippen molar-refractivity contribution in [3.05, 3.63) is 194 Å². The van der Waals surface area contributed by atoms with Gasteiger partial charge in [0.05, 0.1) is 0 Å². The fourth-order valence-corrected chi connectivity index (χ4v) is 7.92. The van der Waals surface area contributed by atoms with Crippen molar-refractivity contribution in [3.8, 4) is 61.8 Å². The van der Waals surface area contributed by atoms with Gasteiger partial charge in [0.2, 0.25) is 0 Å². The monoisotopic (exact) mass is 716 g/mol. The van der Waals surface area contributed by atoms with Gasteiger partial charge in [0, 0.05) is 34.8 Å². The van der Waals surface area contributed by atoms with Crippen molar-refractivity contribution in [3.63, 3.8) is 0 Å². The molecule has 0 aliphatic rings. The fraction of sp³-hybridized carbons (Fsp3) is 0. The molecule has 0 aliphatic carbocycles. The van der Waals surface area contributed by atoms with E-state index >= 15 is 0 Å². The lowest BCUT2D eigenvalue weighted by Crippen LogP contribution is -1.98. The molecule has 0 atom stereocenters. The Morgan fingerprint density at radius 2 is 1.09 bits per heavy atom. The van der Waals surface area contributed by atoms with Gasteiger partial charge >= 0.3 is 0 Å². The van der Waals surface area contributed by atoms with E-state index < -0.39 is 0 Å². The Labute approximate surface area is 322 Å². The zero-order chi connectivity index (χ0) is 37.0. The number of fused-ring (bicyclic) bond motifs is 5. The first-order valence-corrected chi connectivity index (χ1v) is 18.7. The van der Waals surface area contributed by atoms with Gasteiger partial charge in [-0.2, -0.15) is 0 Å². The highest BCUT2D eigenvalue weighted by Gasteiger charge is 2.18. The van der Waals surface area contributed by atoms with Crippen LogP contribution in [-0.2, 0) is 0 Å². The van der Waals surface area contributed by atoms with Crippen LogP contribution in [0.2, 0.25) is 0 Å². The Hall–Kier alpha value is -7.70. The van der Waals surface area contributed by atoms with E-state index in [0.29, 0.717) is 5.82 Å². The van der Waals surface area contributed by atoms with Crippen LogP contribution in [0.1, 0.15) is 0 Å². The highest BCUT2D eigenvalue weighted by atomic mass is 15.3. The van der Waals surface area contributed by atoms with E-state index in [1.54, 1.807) is 0 Å². The Morgan fingerprint density at radius 1 is 0.429 bits per heavy atom. The van der Waals surface area contributed by atoms with Crippen LogP contribution in [-0.4, -0.2) is 29.1 Å². The standard InChI is InChI=1S/C50H32N6/c1-3-12-33(13-4-1)37-25-26-47-53-48(54-55(47)32-37)40-29-38(28-39(30-40)45-31-36-14-7-8-17-42(36)43-18-9-10-19-44(43)45)34-21-23-35(24-22-34)49-52-46-20-11-27-51-50(46)56(49)41-15-5-2-6-16-41/h1-32H. The topological polar surface area (TPSA) is 60.9 Å². The van der Waals surface area contributed by atoms with Crippen LogP contribution < -0.4 is 0 Å². The lowest BCUT2D eigenvalue weighted by Gasteiger charge is -2.14. The lowest BCUT2D eigenvalue weighted by molar-refractivity contribution is 0.967. The first kappa shape index (κ1) is 31.8. The molecule has 4 aromatic heterocycles. The molecule has 0 amide bonds. The maximum absolute atomic E-state index is 5.05. The summed E-state index contributed by atoms with van der Waals surface area (Å²) in [6, 6.07) is 63.8. The van der Waals surface area contributed by atoms with E-state index in [0.717, 1.165) is 67.3 Å². The highest BCUT2D eigenvalue weighted by Crippen LogP contribution is 2.39. The molecule has 0 N–H and O–H groups in total. The molecule has 0 unspecified atom stereocenters. The first-order valence-electron chi connectivity index (χ1n) is 18.7. The highest BCUT2D eigenvalue weighted by molar-refractivity contribution is 6.14. The van der Waals surface area contributed by atoms with Gasteiger partial charge in [-0.25, -0.2) is 19.5 Å². The van der Waals surface area contributed by atoms with Gasteiger partial charge in [-0.05, 0) is 110 Å². The second kappa shape index (κ2) is 13.0. The van der Waals surface area contributed by atoms with Crippen LogP contribution in [0.3, 0.4) is 0 Å². The summed E-state index contributed by atoms with van der Waals surface area (Å²) in [5.74, 6) is 1.52. The summed E-state index contributed by atoms with van der Waals surface area (Å²) in [5, 5.41) is 9.93. The minimum Gasteiger partial charge on any atom is -0.277 e. The van der Waals surface area contributed by atoms with E-state index in [-0.39, 0.29) is 0 Å². The number of rotatable bonds is 6. The molecule has 6 heteroatoms. The number of benzene rings is 7. The quantitative estimate of drug-likeness (QED) is 0.161. The third kappa shape index (κ3) is 5.43. The summed E-state index contributed by atoms with van der Waals surface area (Å²) < 4.78 is 4.02. The number of para-hydroxylation sites is 1. The van der Waals surface area contributed by atoms with Crippen LogP contribution in [0, 0.1) is 0 Å². The van der Waals surface area contributed by atoms with Gasteiger partial charge in [-0.3, -0.25) is 4.57 Å². The summed E-state index contributed by atoms with van der Waals surface area (Å²) in [4.78, 5) is 14.8. The minimum atomic E-state index is 0.670. The molecule has 11 aromatic rings. The van der Waals surface area contributed by atoms with Gasteiger partial charge in [-0.15, -0.1) is 5.10 Å².